The zero-order valence-electron chi connectivity index (χ0n) is 19.6. The molecule has 1 aromatic carbocycles. The Bertz CT molecular complexity index is 1520. The van der Waals surface area contributed by atoms with Crippen LogP contribution in [0.3, 0.4) is 0 Å². The van der Waals surface area contributed by atoms with E-state index in [1.807, 2.05) is 37.3 Å². The van der Waals surface area contributed by atoms with Crippen LogP contribution in [0.25, 0.3) is 21.6 Å². The van der Waals surface area contributed by atoms with Gasteiger partial charge >= 0.3 is 0 Å². The molecule has 0 atom stereocenters. The SMILES string of the molecule is Cc1cc(NC(=O)C2CCN(S(=O)(=O)c3cc(-c4noc(C)n4)sc3C)CC2)c2ccccc2n1. The van der Waals surface area contributed by atoms with Crippen LogP contribution in [0, 0.1) is 26.7 Å². The number of rotatable bonds is 5. The van der Waals surface area contributed by atoms with Crippen molar-refractivity contribution in [3.05, 3.63) is 52.9 Å². The second-order valence-corrected chi connectivity index (χ2v) is 11.8. The first-order valence-electron chi connectivity index (χ1n) is 11.3. The van der Waals surface area contributed by atoms with Gasteiger partial charge in [0.25, 0.3) is 0 Å². The average molecular weight is 512 g/mol. The predicted molar refractivity (Wildman–Crippen MR) is 134 cm³/mol. The van der Waals surface area contributed by atoms with Gasteiger partial charge < -0.3 is 9.84 Å². The van der Waals surface area contributed by atoms with E-state index in [-0.39, 0.29) is 29.8 Å². The largest absolute Gasteiger partial charge is 0.339 e. The zero-order chi connectivity index (χ0) is 24.7. The smallest absolute Gasteiger partial charge is 0.244 e. The molecule has 182 valence electrons. The number of hydrogen-bond donors (Lipinski definition) is 1. The predicted octanol–water partition coefficient (Wildman–Crippen LogP) is 4.31. The van der Waals surface area contributed by atoms with Crippen molar-refractivity contribution < 1.29 is 17.7 Å². The van der Waals surface area contributed by atoms with Crippen LogP contribution in [0.5, 0.6) is 0 Å². The summed E-state index contributed by atoms with van der Waals surface area (Å²) in [5, 5.41) is 7.82. The van der Waals surface area contributed by atoms with E-state index in [2.05, 4.69) is 20.4 Å². The number of aromatic nitrogens is 3. The van der Waals surface area contributed by atoms with E-state index in [0.717, 1.165) is 22.3 Å². The lowest BCUT2D eigenvalue weighted by atomic mass is 9.97. The topological polar surface area (TPSA) is 118 Å². The van der Waals surface area contributed by atoms with Gasteiger partial charge in [0.2, 0.25) is 27.6 Å². The van der Waals surface area contributed by atoms with E-state index in [1.54, 1.807) is 19.9 Å². The molecule has 9 nitrogen and oxygen atoms in total. The Kier molecular flexibility index (Phi) is 6.16. The van der Waals surface area contributed by atoms with Crippen LogP contribution >= 0.6 is 11.3 Å². The van der Waals surface area contributed by atoms with Crippen LogP contribution in [0.4, 0.5) is 5.69 Å². The third kappa shape index (κ3) is 4.58. The van der Waals surface area contributed by atoms with Gasteiger partial charge in [0.15, 0.2) is 0 Å². The lowest BCUT2D eigenvalue weighted by Crippen LogP contribution is -2.41. The highest BCUT2D eigenvalue weighted by atomic mass is 32.2. The van der Waals surface area contributed by atoms with Crippen LogP contribution in [0.15, 0.2) is 45.8 Å². The fourth-order valence-electron chi connectivity index (χ4n) is 4.37. The Morgan fingerprint density at radius 2 is 1.86 bits per heavy atom. The molecule has 4 heterocycles. The summed E-state index contributed by atoms with van der Waals surface area (Å²) in [6.07, 6.45) is 0.903. The van der Waals surface area contributed by atoms with E-state index in [9.17, 15) is 13.2 Å². The van der Waals surface area contributed by atoms with Crippen LogP contribution in [0.2, 0.25) is 0 Å². The molecule has 1 amide bonds. The fraction of sp³-hybridized carbons (Fsp3) is 0.333. The molecule has 1 fully saturated rings. The Morgan fingerprint density at radius 1 is 1.11 bits per heavy atom. The third-order valence-electron chi connectivity index (χ3n) is 6.16. The number of fused-ring (bicyclic) bond motifs is 1. The number of thiophene rings is 1. The van der Waals surface area contributed by atoms with Gasteiger partial charge in [-0.25, -0.2) is 8.42 Å². The minimum absolute atomic E-state index is 0.0979. The Morgan fingerprint density at radius 3 is 2.57 bits per heavy atom. The molecular formula is C24H25N5O4S2. The summed E-state index contributed by atoms with van der Waals surface area (Å²) >= 11 is 1.32. The molecule has 5 rings (SSSR count). The molecule has 0 saturated carbocycles. The second kappa shape index (κ2) is 9.14. The van der Waals surface area contributed by atoms with Crippen molar-refractivity contribution in [2.45, 2.75) is 38.5 Å². The molecule has 0 spiro atoms. The van der Waals surface area contributed by atoms with E-state index < -0.39 is 10.0 Å². The average Bonchev–Trinajstić information content (AvgIpc) is 3.45. The van der Waals surface area contributed by atoms with Crippen molar-refractivity contribution in [2.24, 2.45) is 5.92 Å². The number of pyridine rings is 1. The summed E-state index contributed by atoms with van der Waals surface area (Å²) in [5.74, 6) is 0.437. The summed E-state index contributed by atoms with van der Waals surface area (Å²) in [7, 11) is -3.70. The fourth-order valence-corrected chi connectivity index (χ4v) is 7.33. The minimum Gasteiger partial charge on any atom is -0.339 e. The maximum absolute atomic E-state index is 13.4. The van der Waals surface area contributed by atoms with Crippen molar-refractivity contribution >= 4 is 43.9 Å². The molecule has 35 heavy (non-hydrogen) atoms. The number of nitrogens with one attached hydrogen (secondary N) is 1. The molecule has 4 aromatic rings. The van der Waals surface area contributed by atoms with Crippen molar-refractivity contribution in [1.82, 2.24) is 19.4 Å². The van der Waals surface area contributed by atoms with Gasteiger partial charge in [-0.2, -0.15) is 9.29 Å². The molecule has 0 radical (unpaired) electrons. The molecule has 0 unspecified atom stereocenters. The highest BCUT2D eigenvalue weighted by molar-refractivity contribution is 7.89. The molecule has 1 aliphatic rings. The minimum atomic E-state index is -3.70. The molecular weight excluding hydrogens is 486 g/mol. The van der Waals surface area contributed by atoms with Crippen molar-refractivity contribution in [1.29, 1.82) is 0 Å². The Labute approximate surface area is 207 Å². The monoisotopic (exact) mass is 511 g/mol. The lowest BCUT2D eigenvalue weighted by Gasteiger charge is -2.30. The van der Waals surface area contributed by atoms with Crippen molar-refractivity contribution in [3.63, 3.8) is 0 Å². The second-order valence-electron chi connectivity index (χ2n) is 8.66. The number of amides is 1. The van der Waals surface area contributed by atoms with Gasteiger partial charge in [0, 0.05) is 41.9 Å². The molecule has 1 N–H and O–H groups in total. The van der Waals surface area contributed by atoms with Gasteiger partial charge in [-0.15, -0.1) is 11.3 Å². The molecule has 1 saturated heterocycles. The van der Waals surface area contributed by atoms with E-state index in [4.69, 9.17) is 4.52 Å². The third-order valence-corrected chi connectivity index (χ3v) is 9.37. The summed E-state index contributed by atoms with van der Waals surface area (Å²) in [5.41, 5.74) is 2.37. The van der Waals surface area contributed by atoms with Crippen LogP contribution in [0.1, 0.15) is 29.3 Å². The molecule has 0 bridgehead atoms. The first-order chi connectivity index (χ1) is 16.7. The number of para-hydroxylation sites is 1. The number of carbonyl (C=O) groups is 1. The van der Waals surface area contributed by atoms with Gasteiger partial charge in [-0.3, -0.25) is 9.78 Å². The normalized spacial score (nSPS) is 15.5. The molecule has 0 aliphatic carbocycles. The highest BCUT2D eigenvalue weighted by Crippen LogP contribution is 2.35. The Balaban J connectivity index is 1.28. The number of nitrogens with zero attached hydrogens (tertiary/aromatic N) is 4. The van der Waals surface area contributed by atoms with Crippen molar-refractivity contribution in [3.8, 4) is 10.7 Å². The number of piperidine rings is 1. The van der Waals surface area contributed by atoms with Crippen LogP contribution in [-0.2, 0) is 14.8 Å². The summed E-state index contributed by atoms with van der Waals surface area (Å²) in [6, 6.07) is 11.1. The summed E-state index contributed by atoms with van der Waals surface area (Å²) in [6.45, 7) is 5.91. The summed E-state index contributed by atoms with van der Waals surface area (Å²) < 4.78 is 33.2. The van der Waals surface area contributed by atoms with Crippen LogP contribution < -0.4 is 5.32 Å². The number of aryl methyl sites for hydroxylation is 3. The molecule has 11 heteroatoms. The maximum atomic E-state index is 13.4. The van der Waals surface area contributed by atoms with Crippen molar-refractivity contribution in [2.75, 3.05) is 18.4 Å². The number of hydrogen-bond acceptors (Lipinski definition) is 8. The van der Waals surface area contributed by atoms with Gasteiger partial charge in [-0.05, 0) is 44.9 Å². The molecule has 1 aliphatic heterocycles. The van der Waals surface area contributed by atoms with Gasteiger partial charge in [0.05, 0.1) is 21.0 Å². The van der Waals surface area contributed by atoms with Gasteiger partial charge in [-0.1, -0.05) is 23.4 Å². The van der Waals surface area contributed by atoms with Gasteiger partial charge in [0.1, 0.15) is 0 Å². The first kappa shape index (κ1) is 23.6. The highest BCUT2D eigenvalue weighted by Gasteiger charge is 2.34. The van der Waals surface area contributed by atoms with Crippen LogP contribution in [-0.4, -0.2) is 46.8 Å². The quantitative estimate of drug-likeness (QED) is 0.424. The molecule has 3 aromatic heterocycles. The number of benzene rings is 1. The summed E-state index contributed by atoms with van der Waals surface area (Å²) in [4.78, 5) is 23.3. The van der Waals surface area contributed by atoms with E-state index >= 15 is 0 Å². The standard InChI is InChI=1S/C24H25N5O4S2/c1-14-12-20(18-6-4-5-7-19(18)25-14)27-24(30)17-8-10-29(11-9-17)35(31,32)22-13-21(34-15(22)2)23-26-16(3)33-28-23/h4-7,12-13,17H,8-11H2,1-3H3,(H,25,27,30). The zero-order valence-corrected chi connectivity index (χ0v) is 21.2. The number of sulfonamides is 1. The number of anilines is 1. The van der Waals surface area contributed by atoms with E-state index in [1.165, 1.54) is 15.6 Å². The maximum Gasteiger partial charge on any atom is 0.244 e. The van der Waals surface area contributed by atoms with E-state index in [0.29, 0.717) is 34.3 Å². The Hall–Kier alpha value is -3.15. The lowest BCUT2D eigenvalue weighted by molar-refractivity contribution is -0.120. The first-order valence-corrected chi connectivity index (χ1v) is 13.6. The number of carbonyl (C=O) groups excluding carboxylic acids is 1.